The van der Waals surface area contributed by atoms with E-state index < -0.39 is 5.82 Å². The molecule has 2 aromatic carbocycles. The van der Waals surface area contributed by atoms with E-state index in [0.29, 0.717) is 33.5 Å². The summed E-state index contributed by atoms with van der Waals surface area (Å²) in [5.74, 6) is 0.531. The third-order valence-electron chi connectivity index (χ3n) is 4.51. The summed E-state index contributed by atoms with van der Waals surface area (Å²) in [4.78, 5) is 8.66. The van der Waals surface area contributed by atoms with Crippen LogP contribution in [-0.2, 0) is 13.7 Å². The van der Waals surface area contributed by atoms with Gasteiger partial charge < -0.3 is 14.0 Å². The van der Waals surface area contributed by atoms with Crippen LogP contribution >= 0.6 is 0 Å². The Hall–Kier alpha value is -3.92. The van der Waals surface area contributed by atoms with Gasteiger partial charge in [-0.3, -0.25) is 0 Å². The number of methoxy groups -OCH3 is 1. The van der Waals surface area contributed by atoms with Crippen LogP contribution in [0.3, 0.4) is 0 Å². The molecule has 4 aromatic rings. The van der Waals surface area contributed by atoms with E-state index in [4.69, 9.17) is 9.47 Å². The molecule has 29 heavy (non-hydrogen) atoms. The summed E-state index contributed by atoms with van der Waals surface area (Å²) >= 11 is 0. The minimum atomic E-state index is -0.391. The molecule has 2 aromatic heterocycles. The average Bonchev–Trinajstić information content (AvgIpc) is 3.16. The smallest absolute Gasteiger partial charge is 0.223 e. The summed E-state index contributed by atoms with van der Waals surface area (Å²) in [5.41, 5.74) is 1.98. The first kappa shape index (κ1) is 18.4. The Balaban J connectivity index is 1.90. The van der Waals surface area contributed by atoms with Gasteiger partial charge in [0.05, 0.1) is 19.1 Å². The van der Waals surface area contributed by atoms with Crippen LogP contribution in [0.4, 0.5) is 4.39 Å². The van der Waals surface area contributed by atoms with Crippen LogP contribution in [0.2, 0.25) is 0 Å². The predicted octanol–water partition coefficient (Wildman–Crippen LogP) is 4.23. The molecule has 0 amide bonds. The molecule has 4 rings (SSSR count). The summed E-state index contributed by atoms with van der Waals surface area (Å²) in [6, 6.07) is 13.6. The minimum absolute atomic E-state index is 0.146. The number of hydrogen-bond donors (Lipinski definition) is 0. The zero-order chi connectivity index (χ0) is 20.4. The highest BCUT2D eigenvalue weighted by Crippen LogP contribution is 2.37. The van der Waals surface area contributed by atoms with Gasteiger partial charge in [0.1, 0.15) is 24.2 Å². The Morgan fingerprint density at radius 1 is 1.17 bits per heavy atom. The molecule has 0 unspecified atom stereocenters. The average molecular weight is 388 g/mol. The SMILES string of the molecule is COc1ccc2c(OCc3cn(C)cn3)nc(C#N)c(-c3cccc(F)c3)c2c1. The highest BCUT2D eigenvalue weighted by atomic mass is 19.1. The maximum atomic E-state index is 13.9. The number of aryl methyl sites for hydroxylation is 1. The van der Waals surface area contributed by atoms with Crippen molar-refractivity contribution in [2.24, 2.45) is 7.05 Å². The lowest BCUT2D eigenvalue weighted by atomic mass is 9.97. The van der Waals surface area contributed by atoms with E-state index in [1.807, 2.05) is 23.9 Å². The van der Waals surface area contributed by atoms with E-state index in [2.05, 4.69) is 16.0 Å². The Morgan fingerprint density at radius 3 is 2.72 bits per heavy atom. The van der Waals surface area contributed by atoms with E-state index in [9.17, 15) is 9.65 Å². The number of imidazole rings is 1. The Morgan fingerprint density at radius 2 is 2.03 bits per heavy atom. The largest absolute Gasteiger partial charge is 0.497 e. The zero-order valence-electron chi connectivity index (χ0n) is 15.9. The van der Waals surface area contributed by atoms with E-state index in [0.717, 1.165) is 5.69 Å². The fraction of sp³-hybridized carbons (Fsp3) is 0.136. The molecule has 0 N–H and O–H groups in total. The molecular formula is C22H17FN4O2. The summed E-state index contributed by atoms with van der Waals surface area (Å²) in [6.45, 7) is 0.207. The second-order valence-corrected chi connectivity index (χ2v) is 6.49. The standard InChI is InChI=1S/C22H17FN4O2/c1-27-11-16(25-13-27)12-29-22-18-7-6-17(28-2)9-19(18)21(20(10-24)26-22)14-4-3-5-15(23)8-14/h3-9,11,13H,12H2,1-2H3. The molecule has 0 saturated heterocycles. The van der Waals surface area contributed by atoms with Crippen molar-refractivity contribution >= 4 is 10.8 Å². The summed E-state index contributed by atoms with van der Waals surface area (Å²) < 4.78 is 26.9. The summed E-state index contributed by atoms with van der Waals surface area (Å²) in [6.07, 6.45) is 3.53. The third kappa shape index (κ3) is 3.60. The maximum Gasteiger partial charge on any atom is 0.223 e. The van der Waals surface area contributed by atoms with Crippen LogP contribution in [0.1, 0.15) is 11.4 Å². The van der Waals surface area contributed by atoms with Crippen LogP contribution in [0.15, 0.2) is 55.0 Å². The van der Waals surface area contributed by atoms with Crippen molar-refractivity contribution in [3.8, 4) is 28.8 Å². The highest BCUT2D eigenvalue weighted by molar-refractivity contribution is 6.01. The zero-order valence-corrected chi connectivity index (χ0v) is 15.9. The normalized spacial score (nSPS) is 10.7. The van der Waals surface area contributed by atoms with Crippen molar-refractivity contribution in [3.63, 3.8) is 0 Å². The van der Waals surface area contributed by atoms with Gasteiger partial charge in [-0.1, -0.05) is 12.1 Å². The van der Waals surface area contributed by atoms with Crippen LogP contribution in [0.5, 0.6) is 11.6 Å². The van der Waals surface area contributed by atoms with E-state index in [1.54, 1.807) is 37.7 Å². The van der Waals surface area contributed by atoms with Crippen molar-refractivity contribution in [1.29, 1.82) is 5.26 Å². The number of hydrogen-bond acceptors (Lipinski definition) is 5. The molecule has 0 saturated carbocycles. The Labute approximate surface area is 166 Å². The fourth-order valence-corrected chi connectivity index (χ4v) is 3.20. The molecular weight excluding hydrogens is 371 g/mol. The fourth-order valence-electron chi connectivity index (χ4n) is 3.20. The van der Waals surface area contributed by atoms with Gasteiger partial charge in [0.25, 0.3) is 0 Å². The van der Waals surface area contributed by atoms with E-state index in [1.165, 1.54) is 12.1 Å². The van der Waals surface area contributed by atoms with Gasteiger partial charge in [-0.15, -0.1) is 0 Å². The quantitative estimate of drug-likeness (QED) is 0.511. The first-order valence-corrected chi connectivity index (χ1v) is 8.86. The lowest BCUT2D eigenvalue weighted by molar-refractivity contribution is 0.293. The molecule has 7 heteroatoms. The number of benzene rings is 2. The van der Waals surface area contributed by atoms with Crippen molar-refractivity contribution in [1.82, 2.24) is 14.5 Å². The molecule has 6 nitrogen and oxygen atoms in total. The lowest BCUT2D eigenvalue weighted by Crippen LogP contribution is -2.02. The van der Waals surface area contributed by atoms with E-state index >= 15 is 0 Å². The number of pyridine rings is 1. The number of ether oxygens (including phenoxy) is 2. The number of aromatic nitrogens is 3. The Kier molecular flexibility index (Phi) is 4.83. The van der Waals surface area contributed by atoms with Gasteiger partial charge in [-0.05, 0) is 35.9 Å². The molecule has 0 radical (unpaired) electrons. The van der Waals surface area contributed by atoms with Crippen LogP contribution in [-0.4, -0.2) is 21.6 Å². The molecule has 0 bridgehead atoms. The van der Waals surface area contributed by atoms with Crippen LogP contribution in [0, 0.1) is 17.1 Å². The molecule has 0 aliphatic carbocycles. The Bertz CT molecular complexity index is 1240. The summed E-state index contributed by atoms with van der Waals surface area (Å²) in [7, 11) is 3.44. The minimum Gasteiger partial charge on any atom is -0.497 e. The van der Waals surface area contributed by atoms with Gasteiger partial charge in [-0.25, -0.2) is 14.4 Å². The molecule has 0 aliphatic heterocycles. The lowest BCUT2D eigenvalue weighted by Gasteiger charge is -2.14. The first-order chi connectivity index (χ1) is 14.1. The maximum absolute atomic E-state index is 13.9. The molecule has 0 atom stereocenters. The number of nitrogens with zero attached hydrogens (tertiary/aromatic N) is 4. The number of halogens is 1. The van der Waals surface area contributed by atoms with Gasteiger partial charge in [-0.2, -0.15) is 5.26 Å². The second-order valence-electron chi connectivity index (χ2n) is 6.49. The molecule has 0 fully saturated rings. The molecule has 144 valence electrons. The topological polar surface area (TPSA) is 73.0 Å². The number of rotatable bonds is 5. The monoisotopic (exact) mass is 388 g/mol. The van der Waals surface area contributed by atoms with Crippen molar-refractivity contribution in [2.75, 3.05) is 7.11 Å². The van der Waals surface area contributed by atoms with Crippen molar-refractivity contribution < 1.29 is 13.9 Å². The molecule has 0 spiro atoms. The van der Waals surface area contributed by atoms with Crippen molar-refractivity contribution in [2.45, 2.75) is 6.61 Å². The van der Waals surface area contributed by atoms with E-state index in [-0.39, 0.29) is 12.3 Å². The first-order valence-electron chi connectivity index (χ1n) is 8.86. The third-order valence-corrected chi connectivity index (χ3v) is 4.51. The number of nitriles is 1. The highest BCUT2D eigenvalue weighted by Gasteiger charge is 2.18. The predicted molar refractivity (Wildman–Crippen MR) is 106 cm³/mol. The van der Waals surface area contributed by atoms with Gasteiger partial charge in [0.2, 0.25) is 5.88 Å². The van der Waals surface area contributed by atoms with Gasteiger partial charge >= 0.3 is 0 Å². The van der Waals surface area contributed by atoms with Gasteiger partial charge in [0, 0.05) is 29.6 Å². The van der Waals surface area contributed by atoms with Gasteiger partial charge in [0.15, 0.2) is 5.69 Å². The van der Waals surface area contributed by atoms with Crippen molar-refractivity contribution in [3.05, 3.63) is 72.2 Å². The summed E-state index contributed by atoms with van der Waals surface area (Å²) in [5, 5.41) is 11.1. The second kappa shape index (κ2) is 7.60. The molecule has 2 heterocycles. The van der Waals surface area contributed by atoms with Crippen LogP contribution in [0.25, 0.3) is 21.9 Å². The number of fused-ring (bicyclic) bond motifs is 1. The molecule has 0 aliphatic rings. The van der Waals surface area contributed by atoms with Crippen LogP contribution < -0.4 is 9.47 Å².